The number of halogens is 3. The van der Waals surface area contributed by atoms with Crippen LogP contribution in [0.1, 0.15) is 27.0 Å². The lowest BCUT2D eigenvalue weighted by Gasteiger charge is -2.16. The molecule has 9 heteroatoms. The van der Waals surface area contributed by atoms with Crippen molar-refractivity contribution >= 4 is 23.3 Å². The van der Waals surface area contributed by atoms with Crippen LogP contribution in [0.3, 0.4) is 0 Å². The van der Waals surface area contributed by atoms with Crippen LogP contribution in [0.15, 0.2) is 72.8 Å². The minimum absolute atomic E-state index is 0.0372. The minimum atomic E-state index is -4.74. The van der Waals surface area contributed by atoms with Gasteiger partial charge in [0, 0.05) is 24.3 Å². The molecule has 3 amide bonds. The van der Waals surface area contributed by atoms with Gasteiger partial charge in [0.25, 0.3) is 5.91 Å². The largest absolute Gasteiger partial charge is 0.418 e. The third kappa shape index (κ3) is 7.08. The van der Waals surface area contributed by atoms with Crippen LogP contribution in [-0.4, -0.2) is 30.9 Å². The second kappa shape index (κ2) is 10.8. The van der Waals surface area contributed by atoms with Crippen molar-refractivity contribution in [2.75, 3.05) is 24.7 Å². The quantitative estimate of drug-likeness (QED) is 0.436. The Bertz CT molecular complexity index is 1150. The Hall–Kier alpha value is -3.85. The Balaban J connectivity index is 1.68. The average molecular weight is 470 g/mol. The number of amides is 3. The molecule has 0 spiro atoms. The Morgan fingerprint density at radius 2 is 1.56 bits per heavy atom. The molecule has 0 saturated heterocycles. The number of nitrogens with one attached hydrogen (secondary N) is 3. The van der Waals surface area contributed by atoms with Crippen LogP contribution in [0.25, 0.3) is 0 Å². The first-order valence-corrected chi connectivity index (χ1v) is 10.5. The van der Waals surface area contributed by atoms with Crippen molar-refractivity contribution in [2.45, 2.75) is 19.3 Å². The van der Waals surface area contributed by atoms with Gasteiger partial charge in [-0.3, -0.25) is 4.79 Å². The summed E-state index contributed by atoms with van der Waals surface area (Å²) in [7, 11) is 3.88. The van der Waals surface area contributed by atoms with Crippen LogP contribution in [0.4, 0.5) is 29.3 Å². The van der Waals surface area contributed by atoms with Gasteiger partial charge in [-0.15, -0.1) is 0 Å². The molecular weight excluding hydrogens is 445 g/mol. The monoisotopic (exact) mass is 470 g/mol. The normalized spacial score (nSPS) is 11.2. The van der Waals surface area contributed by atoms with Crippen LogP contribution in [0, 0.1) is 0 Å². The van der Waals surface area contributed by atoms with Crippen LogP contribution in [-0.2, 0) is 19.3 Å². The van der Waals surface area contributed by atoms with Gasteiger partial charge in [0.1, 0.15) is 0 Å². The first-order chi connectivity index (χ1) is 16.1. The first-order valence-electron chi connectivity index (χ1n) is 10.5. The fraction of sp³-hybridized carbons (Fsp3) is 0.200. The molecule has 3 aromatic rings. The number of rotatable bonds is 7. The van der Waals surface area contributed by atoms with E-state index in [2.05, 4.69) is 16.0 Å². The van der Waals surface area contributed by atoms with E-state index in [9.17, 15) is 22.8 Å². The highest BCUT2D eigenvalue weighted by Gasteiger charge is 2.34. The highest BCUT2D eigenvalue weighted by Crippen LogP contribution is 2.36. The number of urea groups is 1. The van der Waals surface area contributed by atoms with E-state index in [1.54, 1.807) is 30.3 Å². The minimum Gasteiger partial charge on any atom is -0.334 e. The van der Waals surface area contributed by atoms with Gasteiger partial charge < -0.3 is 20.9 Å². The maximum atomic E-state index is 13.7. The third-order valence-electron chi connectivity index (χ3n) is 4.81. The number of carbonyl (C=O) groups is 2. The van der Waals surface area contributed by atoms with Gasteiger partial charge in [-0.2, -0.15) is 13.2 Å². The van der Waals surface area contributed by atoms with Gasteiger partial charge in [0.05, 0.1) is 11.3 Å². The Morgan fingerprint density at radius 1 is 0.853 bits per heavy atom. The van der Waals surface area contributed by atoms with Gasteiger partial charge in [0.2, 0.25) is 0 Å². The van der Waals surface area contributed by atoms with E-state index in [4.69, 9.17) is 0 Å². The topological polar surface area (TPSA) is 73.5 Å². The van der Waals surface area contributed by atoms with Crippen molar-refractivity contribution in [3.63, 3.8) is 0 Å². The molecule has 6 nitrogen and oxygen atoms in total. The molecule has 0 atom stereocenters. The second-order valence-corrected chi connectivity index (χ2v) is 7.94. The van der Waals surface area contributed by atoms with E-state index in [1.807, 2.05) is 43.3 Å². The number of hydrogen-bond acceptors (Lipinski definition) is 3. The Kier molecular flexibility index (Phi) is 7.91. The van der Waals surface area contributed by atoms with Crippen LogP contribution in [0.5, 0.6) is 0 Å². The summed E-state index contributed by atoms with van der Waals surface area (Å²) in [6.45, 7) is 0.877. The molecule has 0 aromatic heterocycles. The smallest absolute Gasteiger partial charge is 0.334 e. The molecule has 0 aliphatic rings. The lowest BCUT2D eigenvalue weighted by molar-refractivity contribution is -0.136. The number of nitrogens with zero attached hydrogens (tertiary/aromatic N) is 1. The molecule has 0 saturated carbocycles. The standard InChI is InChI=1S/C25H25F3N4O2/c1-32(2)16-18-8-6-7-17(13-18)15-29-24(34)31-22-12-11-20(14-21(22)25(26,27)28)30-23(33)19-9-4-3-5-10-19/h3-14H,15-16H2,1-2H3,(H,30,33)(H2,29,31,34). The zero-order valence-electron chi connectivity index (χ0n) is 18.7. The average Bonchev–Trinajstić information content (AvgIpc) is 2.78. The molecule has 0 heterocycles. The van der Waals surface area contributed by atoms with Crippen molar-refractivity contribution in [2.24, 2.45) is 0 Å². The summed E-state index contributed by atoms with van der Waals surface area (Å²) in [6, 6.07) is 18.1. The predicted molar refractivity (Wildman–Crippen MR) is 126 cm³/mol. The molecule has 0 aliphatic carbocycles. The molecule has 0 aliphatic heterocycles. The van der Waals surface area contributed by atoms with Gasteiger partial charge in [0.15, 0.2) is 0 Å². The van der Waals surface area contributed by atoms with Gasteiger partial charge >= 0.3 is 12.2 Å². The molecule has 0 fully saturated rings. The van der Waals surface area contributed by atoms with Crippen molar-refractivity contribution < 1.29 is 22.8 Å². The maximum Gasteiger partial charge on any atom is 0.418 e. The third-order valence-corrected chi connectivity index (χ3v) is 4.81. The summed E-state index contributed by atoms with van der Waals surface area (Å²) in [5.74, 6) is -0.538. The molecular formula is C25H25F3N4O2. The van der Waals surface area contributed by atoms with E-state index in [-0.39, 0.29) is 12.2 Å². The van der Waals surface area contributed by atoms with E-state index < -0.39 is 29.4 Å². The SMILES string of the molecule is CN(C)Cc1cccc(CNC(=O)Nc2ccc(NC(=O)c3ccccc3)cc2C(F)(F)F)c1. The Labute approximate surface area is 195 Å². The molecule has 178 valence electrons. The van der Waals surface area contributed by atoms with Crippen LogP contribution >= 0.6 is 0 Å². The van der Waals surface area contributed by atoms with Crippen molar-refractivity contribution in [3.05, 3.63) is 95.1 Å². The predicted octanol–water partition coefficient (Wildman–Crippen LogP) is 5.34. The summed E-state index contributed by atoms with van der Waals surface area (Å²) in [5, 5.41) is 7.28. The second-order valence-electron chi connectivity index (χ2n) is 7.94. The van der Waals surface area contributed by atoms with Gasteiger partial charge in [-0.1, -0.05) is 42.5 Å². The van der Waals surface area contributed by atoms with Crippen LogP contribution in [0.2, 0.25) is 0 Å². The van der Waals surface area contributed by atoms with Crippen molar-refractivity contribution in [1.29, 1.82) is 0 Å². The van der Waals surface area contributed by atoms with Gasteiger partial charge in [-0.25, -0.2) is 4.79 Å². The number of benzene rings is 3. The summed E-state index contributed by atoms with van der Waals surface area (Å²) >= 11 is 0. The van der Waals surface area contributed by atoms with Gasteiger partial charge in [-0.05, 0) is 55.6 Å². The maximum absolute atomic E-state index is 13.7. The summed E-state index contributed by atoms with van der Waals surface area (Å²) in [5.41, 5.74) is 0.671. The Morgan fingerprint density at radius 3 is 2.24 bits per heavy atom. The summed E-state index contributed by atoms with van der Waals surface area (Å²) in [4.78, 5) is 26.6. The van der Waals surface area contributed by atoms with E-state index >= 15 is 0 Å². The van der Waals surface area contributed by atoms with E-state index in [0.29, 0.717) is 5.56 Å². The number of hydrogen-bond donors (Lipinski definition) is 3. The molecule has 3 rings (SSSR count). The zero-order valence-corrected chi connectivity index (χ0v) is 18.7. The van der Waals surface area contributed by atoms with E-state index in [0.717, 1.165) is 29.8 Å². The number of anilines is 2. The molecule has 0 radical (unpaired) electrons. The highest BCUT2D eigenvalue weighted by molar-refractivity contribution is 6.04. The summed E-state index contributed by atoms with van der Waals surface area (Å²) in [6.07, 6.45) is -4.74. The first kappa shape index (κ1) is 24.8. The lowest BCUT2D eigenvalue weighted by Crippen LogP contribution is -2.29. The fourth-order valence-corrected chi connectivity index (χ4v) is 3.31. The lowest BCUT2D eigenvalue weighted by atomic mass is 10.1. The molecule has 34 heavy (non-hydrogen) atoms. The fourth-order valence-electron chi connectivity index (χ4n) is 3.31. The molecule has 3 N–H and O–H groups in total. The molecule has 0 unspecified atom stereocenters. The highest BCUT2D eigenvalue weighted by atomic mass is 19.4. The number of alkyl halides is 3. The zero-order chi connectivity index (χ0) is 24.7. The molecule has 3 aromatic carbocycles. The molecule has 0 bridgehead atoms. The summed E-state index contributed by atoms with van der Waals surface area (Å²) < 4.78 is 41.0. The number of carbonyl (C=O) groups excluding carboxylic acids is 2. The van der Waals surface area contributed by atoms with Crippen LogP contribution < -0.4 is 16.0 Å². The van der Waals surface area contributed by atoms with Crippen molar-refractivity contribution in [1.82, 2.24) is 10.2 Å². The van der Waals surface area contributed by atoms with E-state index in [1.165, 1.54) is 6.07 Å². The van der Waals surface area contributed by atoms with Crippen molar-refractivity contribution in [3.8, 4) is 0 Å².